The monoisotopic (exact) mass is 299 g/mol. The zero-order valence-electron chi connectivity index (χ0n) is 9.51. The summed E-state index contributed by atoms with van der Waals surface area (Å²) in [6.07, 6.45) is 0. The molecule has 0 saturated carbocycles. The standard InChI is InChI=1S/C12H10ClNO2S2/c1-7-11(12(15)16)14-10(18-7)6-17-9-4-2-8(13)3-5-9/h2-5H,6H2,1H3,(H,15,16). The van der Waals surface area contributed by atoms with E-state index in [9.17, 15) is 4.79 Å². The van der Waals surface area contributed by atoms with Gasteiger partial charge in [-0.2, -0.15) is 0 Å². The van der Waals surface area contributed by atoms with Crippen LogP contribution in [0.2, 0.25) is 5.02 Å². The highest BCUT2D eigenvalue weighted by atomic mass is 35.5. The summed E-state index contributed by atoms with van der Waals surface area (Å²) in [4.78, 5) is 16.8. The summed E-state index contributed by atoms with van der Waals surface area (Å²) in [5, 5.41) is 10.4. The third kappa shape index (κ3) is 3.25. The number of aromatic nitrogens is 1. The molecule has 0 saturated heterocycles. The Morgan fingerprint density at radius 3 is 2.67 bits per heavy atom. The topological polar surface area (TPSA) is 50.2 Å². The fourth-order valence-electron chi connectivity index (χ4n) is 1.39. The summed E-state index contributed by atoms with van der Waals surface area (Å²) < 4.78 is 0. The smallest absolute Gasteiger partial charge is 0.355 e. The number of hydrogen-bond donors (Lipinski definition) is 1. The largest absolute Gasteiger partial charge is 0.476 e. The van der Waals surface area contributed by atoms with Gasteiger partial charge in [-0.05, 0) is 31.2 Å². The van der Waals surface area contributed by atoms with Crippen LogP contribution in [0.3, 0.4) is 0 Å². The van der Waals surface area contributed by atoms with Crippen LogP contribution in [0, 0.1) is 6.92 Å². The summed E-state index contributed by atoms with van der Waals surface area (Å²) in [5.41, 5.74) is 0.159. The van der Waals surface area contributed by atoms with E-state index in [1.807, 2.05) is 24.3 Å². The maximum absolute atomic E-state index is 10.9. The van der Waals surface area contributed by atoms with Crippen molar-refractivity contribution in [2.24, 2.45) is 0 Å². The SMILES string of the molecule is Cc1sc(CSc2ccc(Cl)cc2)nc1C(=O)O. The van der Waals surface area contributed by atoms with E-state index in [2.05, 4.69) is 4.98 Å². The van der Waals surface area contributed by atoms with Gasteiger partial charge in [0.05, 0.1) is 5.75 Å². The molecule has 2 rings (SSSR count). The number of thioether (sulfide) groups is 1. The highest BCUT2D eigenvalue weighted by Crippen LogP contribution is 2.27. The Kier molecular flexibility index (Phi) is 4.27. The lowest BCUT2D eigenvalue weighted by molar-refractivity contribution is 0.0690. The number of benzene rings is 1. The minimum Gasteiger partial charge on any atom is -0.476 e. The molecule has 3 nitrogen and oxygen atoms in total. The number of nitrogens with zero attached hydrogens (tertiary/aromatic N) is 1. The van der Waals surface area contributed by atoms with Crippen molar-refractivity contribution in [3.05, 3.63) is 44.9 Å². The zero-order chi connectivity index (χ0) is 13.1. The van der Waals surface area contributed by atoms with Crippen LogP contribution in [0.4, 0.5) is 0 Å². The van der Waals surface area contributed by atoms with E-state index in [4.69, 9.17) is 16.7 Å². The van der Waals surface area contributed by atoms with E-state index >= 15 is 0 Å². The third-order valence-electron chi connectivity index (χ3n) is 2.22. The number of hydrogen-bond acceptors (Lipinski definition) is 4. The Balaban J connectivity index is 2.04. The van der Waals surface area contributed by atoms with Crippen LogP contribution in [0.15, 0.2) is 29.2 Å². The molecule has 0 atom stereocenters. The van der Waals surface area contributed by atoms with Crippen LogP contribution in [-0.4, -0.2) is 16.1 Å². The Bertz CT molecular complexity index is 566. The molecular formula is C12H10ClNO2S2. The average molecular weight is 300 g/mol. The second-order valence-corrected chi connectivity index (χ2v) is 6.33. The van der Waals surface area contributed by atoms with Gasteiger partial charge in [0.15, 0.2) is 5.69 Å². The van der Waals surface area contributed by atoms with Gasteiger partial charge in [0.2, 0.25) is 0 Å². The molecule has 0 spiro atoms. The molecule has 94 valence electrons. The van der Waals surface area contributed by atoms with E-state index in [0.717, 1.165) is 14.8 Å². The summed E-state index contributed by atoms with van der Waals surface area (Å²) in [6.45, 7) is 1.78. The number of carboxylic acid groups (broad SMARTS) is 1. The second kappa shape index (κ2) is 5.73. The average Bonchev–Trinajstić information content (AvgIpc) is 2.70. The van der Waals surface area contributed by atoms with Crippen LogP contribution in [0.1, 0.15) is 20.4 Å². The predicted octanol–water partition coefficient (Wildman–Crippen LogP) is 4.10. The fourth-order valence-corrected chi connectivity index (χ4v) is 3.33. The number of aromatic carboxylic acids is 1. The van der Waals surface area contributed by atoms with Crippen molar-refractivity contribution in [3.63, 3.8) is 0 Å². The molecule has 0 aliphatic rings. The molecule has 0 bridgehead atoms. The molecular weight excluding hydrogens is 290 g/mol. The Morgan fingerprint density at radius 2 is 2.11 bits per heavy atom. The van der Waals surface area contributed by atoms with Crippen molar-refractivity contribution in [2.45, 2.75) is 17.6 Å². The van der Waals surface area contributed by atoms with E-state index < -0.39 is 5.97 Å². The van der Waals surface area contributed by atoms with Crippen LogP contribution in [0.5, 0.6) is 0 Å². The van der Waals surface area contributed by atoms with Gasteiger partial charge >= 0.3 is 5.97 Å². The number of carboxylic acids is 1. The van der Waals surface area contributed by atoms with Crippen molar-refractivity contribution in [3.8, 4) is 0 Å². The lowest BCUT2D eigenvalue weighted by atomic mass is 10.4. The first kappa shape index (κ1) is 13.4. The molecule has 0 unspecified atom stereocenters. The van der Waals surface area contributed by atoms with Crippen molar-refractivity contribution in [2.75, 3.05) is 0 Å². The summed E-state index contributed by atoms with van der Waals surface area (Å²) >= 11 is 8.84. The van der Waals surface area contributed by atoms with E-state index in [1.165, 1.54) is 11.3 Å². The lowest BCUT2D eigenvalue weighted by Crippen LogP contribution is -1.98. The molecule has 2 aromatic rings. The summed E-state index contributed by atoms with van der Waals surface area (Å²) in [5.74, 6) is -0.299. The predicted molar refractivity (Wildman–Crippen MR) is 74.8 cm³/mol. The normalized spacial score (nSPS) is 10.6. The minimum atomic E-state index is -0.966. The van der Waals surface area contributed by atoms with Gasteiger partial charge in [0, 0.05) is 14.8 Å². The van der Waals surface area contributed by atoms with Crippen LogP contribution in [-0.2, 0) is 5.75 Å². The van der Waals surface area contributed by atoms with Gasteiger partial charge in [0.1, 0.15) is 5.01 Å². The number of halogens is 1. The first-order valence-electron chi connectivity index (χ1n) is 5.14. The van der Waals surface area contributed by atoms with Crippen molar-refractivity contribution < 1.29 is 9.90 Å². The van der Waals surface area contributed by atoms with Crippen LogP contribution in [0.25, 0.3) is 0 Å². The molecule has 1 aromatic heterocycles. The van der Waals surface area contributed by atoms with Gasteiger partial charge < -0.3 is 5.11 Å². The van der Waals surface area contributed by atoms with Crippen molar-refractivity contribution in [1.82, 2.24) is 4.98 Å². The van der Waals surface area contributed by atoms with Gasteiger partial charge in [-0.3, -0.25) is 0 Å². The maximum atomic E-state index is 10.9. The lowest BCUT2D eigenvalue weighted by Gasteiger charge is -1.98. The maximum Gasteiger partial charge on any atom is 0.355 e. The van der Waals surface area contributed by atoms with E-state index in [1.54, 1.807) is 18.7 Å². The second-order valence-electron chi connectivity index (χ2n) is 3.56. The molecule has 1 heterocycles. The molecule has 18 heavy (non-hydrogen) atoms. The third-order valence-corrected chi connectivity index (χ3v) is 4.65. The summed E-state index contributed by atoms with van der Waals surface area (Å²) in [6, 6.07) is 7.54. The highest BCUT2D eigenvalue weighted by molar-refractivity contribution is 7.98. The number of rotatable bonds is 4. The Hall–Kier alpha value is -1.04. The minimum absolute atomic E-state index is 0.159. The highest BCUT2D eigenvalue weighted by Gasteiger charge is 2.13. The van der Waals surface area contributed by atoms with Gasteiger partial charge in [-0.1, -0.05) is 11.6 Å². The quantitative estimate of drug-likeness (QED) is 0.864. The first-order valence-corrected chi connectivity index (χ1v) is 7.32. The molecule has 1 aromatic carbocycles. The van der Waals surface area contributed by atoms with Gasteiger partial charge in [-0.15, -0.1) is 23.1 Å². The van der Waals surface area contributed by atoms with Gasteiger partial charge in [0.25, 0.3) is 0 Å². The van der Waals surface area contributed by atoms with Crippen molar-refractivity contribution in [1.29, 1.82) is 0 Å². The van der Waals surface area contributed by atoms with E-state index in [0.29, 0.717) is 10.8 Å². The van der Waals surface area contributed by atoms with Crippen LogP contribution < -0.4 is 0 Å². The molecule has 0 aliphatic heterocycles. The van der Waals surface area contributed by atoms with Gasteiger partial charge in [-0.25, -0.2) is 9.78 Å². The fraction of sp³-hybridized carbons (Fsp3) is 0.167. The molecule has 6 heteroatoms. The van der Waals surface area contributed by atoms with Crippen LogP contribution >= 0.6 is 34.7 Å². The Morgan fingerprint density at radius 1 is 1.44 bits per heavy atom. The zero-order valence-corrected chi connectivity index (χ0v) is 11.9. The number of aryl methyl sites for hydroxylation is 1. The number of carbonyl (C=O) groups is 1. The first-order chi connectivity index (χ1) is 8.56. The molecule has 1 N–H and O–H groups in total. The molecule has 0 fully saturated rings. The Labute approximate surface area is 118 Å². The van der Waals surface area contributed by atoms with E-state index in [-0.39, 0.29) is 5.69 Å². The summed E-state index contributed by atoms with van der Waals surface area (Å²) in [7, 11) is 0. The van der Waals surface area contributed by atoms with Crippen molar-refractivity contribution >= 4 is 40.7 Å². The molecule has 0 amide bonds. The molecule has 0 radical (unpaired) electrons. The number of thiazole rings is 1. The molecule has 0 aliphatic carbocycles.